The summed E-state index contributed by atoms with van der Waals surface area (Å²) in [5.41, 5.74) is 0.0134. The largest absolute Gasteiger partial charge is 0.478 e. The molecule has 0 saturated heterocycles. The Morgan fingerprint density at radius 3 is 2.50 bits per heavy atom. The van der Waals surface area contributed by atoms with Gasteiger partial charge in [0, 0.05) is 6.54 Å². The summed E-state index contributed by atoms with van der Waals surface area (Å²) in [5, 5.41) is 17.7. The van der Waals surface area contributed by atoms with Gasteiger partial charge in [0.15, 0.2) is 0 Å². The van der Waals surface area contributed by atoms with Gasteiger partial charge < -0.3 is 10.2 Å². The topological polar surface area (TPSA) is 104 Å². The third-order valence-corrected chi connectivity index (χ3v) is 4.06. The number of carboxylic acid groups (broad SMARTS) is 1. The molecule has 1 rings (SSSR count). The maximum atomic E-state index is 12.1. The Kier molecular flexibility index (Phi) is 5.15. The molecule has 6 nitrogen and oxygen atoms in total. The number of sulfonamides is 1. The Morgan fingerprint density at radius 1 is 1.40 bits per heavy atom. The first-order valence-corrected chi connectivity index (χ1v) is 6.93. The number of aryl methyl sites for hydroxylation is 1. The number of carboxylic acids is 1. The van der Waals surface area contributed by atoms with Crippen LogP contribution in [0, 0.1) is 6.92 Å². The van der Waals surface area contributed by atoms with Crippen molar-refractivity contribution in [3.63, 3.8) is 0 Å². The molecule has 1 aromatic rings. The molecule has 0 saturated carbocycles. The van der Waals surface area contributed by atoms with Gasteiger partial charge in [0.25, 0.3) is 6.43 Å². The lowest BCUT2D eigenvalue weighted by molar-refractivity contribution is -0.000452. The molecule has 0 bridgehead atoms. The highest BCUT2D eigenvalue weighted by Gasteiger charge is 2.23. The number of aliphatic hydroxyl groups is 1. The van der Waals surface area contributed by atoms with Gasteiger partial charge >= 0.3 is 5.97 Å². The maximum absolute atomic E-state index is 12.1. The highest BCUT2D eigenvalue weighted by Crippen LogP contribution is 2.17. The van der Waals surface area contributed by atoms with Crippen LogP contribution in [0.3, 0.4) is 0 Å². The first kappa shape index (κ1) is 16.5. The number of benzene rings is 1. The van der Waals surface area contributed by atoms with Crippen molar-refractivity contribution in [2.24, 2.45) is 0 Å². The van der Waals surface area contributed by atoms with Crippen LogP contribution >= 0.6 is 0 Å². The minimum absolute atomic E-state index is 0.245. The fourth-order valence-electron chi connectivity index (χ4n) is 1.38. The fourth-order valence-corrected chi connectivity index (χ4v) is 2.70. The molecular weight excluding hydrogens is 296 g/mol. The lowest BCUT2D eigenvalue weighted by Crippen LogP contribution is -2.36. The average molecular weight is 309 g/mol. The molecular formula is C11H13F2NO5S. The van der Waals surface area contributed by atoms with Crippen LogP contribution in [0.2, 0.25) is 0 Å². The van der Waals surface area contributed by atoms with Gasteiger partial charge in [0.1, 0.15) is 6.10 Å². The smallest absolute Gasteiger partial charge is 0.335 e. The van der Waals surface area contributed by atoms with Crippen LogP contribution < -0.4 is 4.72 Å². The Labute approximate surface area is 114 Å². The predicted molar refractivity (Wildman–Crippen MR) is 65.3 cm³/mol. The molecule has 0 aromatic heterocycles. The van der Waals surface area contributed by atoms with E-state index in [-0.39, 0.29) is 16.0 Å². The molecule has 0 fully saturated rings. The van der Waals surface area contributed by atoms with Crippen molar-refractivity contribution >= 4 is 16.0 Å². The van der Waals surface area contributed by atoms with E-state index >= 15 is 0 Å². The zero-order valence-corrected chi connectivity index (χ0v) is 11.2. The average Bonchev–Trinajstić information content (AvgIpc) is 2.35. The fraction of sp³-hybridized carbons (Fsp3) is 0.364. The van der Waals surface area contributed by atoms with E-state index in [1.165, 1.54) is 19.1 Å². The van der Waals surface area contributed by atoms with Gasteiger partial charge in [-0.1, -0.05) is 6.07 Å². The Morgan fingerprint density at radius 2 is 2.00 bits per heavy atom. The molecule has 0 amide bonds. The number of halogens is 2. The predicted octanol–water partition coefficient (Wildman–Crippen LogP) is 0.598. The van der Waals surface area contributed by atoms with Gasteiger partial charge in [-0.3, -0.25) is 0 Å². The first-order chi connectivity index (χ1) is 9.15. The maximum Gasteiger partial charge on any atom is 0.335 e. The second-order valence-corrected chi connectivity index (χ2v) is 5.77. The number of rotatable bonds is 6. The second kappa shape index (κ2) is 6.25. The van der Waals surface area contributed by atoms with E-state index in [2.05, 4.69) is 0 Å². The van der Waals surface area contributed by atoms with Gasteiger partial charge in [-0.2, -0.15) is 0 Å². The van der Waals surface area contributed by atoms with Gasteiger partial charge in [0.05, 0.1) is 10.5 Å². The van der Waals surface area contributed by atoms with E-state index < -0.39 is 35.1 Å². The molecule has 0 aliphatic carbocycles. The molecule has 1 aromatic carbocycles. The number of alkyl halides is 2. The summed E-state index contributed by atoms with van der Waals surface area (Å²) in [6.07, 6.45) is -5.21. The van der Waals surface area contributed by atoms with Crippen molar-refractivity contribution in [3.8, 4) is 0 Å². The van der Waals surface area contributed by atoms with Crippen LogP contribution in [0.5, 0.6) is 0 Å². The van der Waals surface area contributed by atoms with Gasteiger partial charge in [-0.05, 0) is 24.6 Å². The van der Waals surface area contributed by atoms with E-state index in [1.807, 2.05) is 4.72 Å². The number of hydrogen-bond acceptors (Lipinski definition) is 4. The lowest BCUT2D eigenvalue weighted by Gasteiger charge is -2.13. The minimum atomic E-state index is -4.18. The second-order valence-electron chi connectivity index (χ2n) is 4.04. The molecule has 9 heteroatoms. The van der Waals surface area contributed by atoms with E-state index in [1.54, 1.807) is 0 Å². The zero-order valence-electron chi connectivity index (χ0n) is 10.4. The number of aliphatic hydroxyl groups excluding tert-OH is 1. The number of hydrogen-bond donors (Lipinski definition) is 3. The van der Waals surface area contributed by atoms with Crippen molar-refractivity contribution in [2.75, 3.05) is 6.54 Å². The van der Waals surface area contributed by atoms with Crippen LogP contribution in [0.1, 0.15) is 15.9 Å². The lowest BCUT2D eigenvalue weighted by atomic mass is 10.1. The number of aromatic carboxylic acids is 1. The Balaban J connectivity index is 3.03. The summed E-state index contributed by atoms with van der Waals surface area (Å²) in [7, 11) is -4.18. The van der Waals surface area contributed by atoms with E-state index in [9.17, 15) is 22.0 Å². The van der Waals surface area contributed by atoms with Gasteiger partial charge in [0.2, 0.25) is 10.0 Å². The monoisotopic (exact) mass is 309 g/mol. The molecule has 3 N–H and O–H groups in total. The molecule has 1 atom stereocenters. The first-order valence-electron chi connectivity index (χ1n) is 5.45. The van der Waals surface area contributed by atoms with Crippen molar-refractivity contribution in [3.05, 3.63) is 29.3 Å². The van der Waals surface area contributed by atoms with Crippen molar-refractivity contribution < 1.29 is 32.2 Å². The summed E-state index contributed by atoms with van der Waals surface area (Å²) < 4.78 is 49.8. The summed E-state index contributed by atoms with van der Waals surface area (Å²) in [6, 6.07) is 3.45. The molecule has 0 spiro atoms. The normalized spacial score (nSPS) is 13.4. The summed E-state index contributed by atoms with van der Waals surface area (Å²) >= 11 is 0. The van der Waals surface area contributed by atoms with Crippen LogP contribution in [0.15, 0.2) is 23.1 Å². The molecule has 0 heterocycles. The van der Waals surface area contributed by atoms with Crippen LogP contribution in [0.4, 0.5) is 8.78 Å². The highest BCUT2D eigenvalue weighted by molar-refractivity contribution is 7.89. The molecule has 112 valence electrons. The zero-order chi connectivity index (χ0) is 15.5. The third-order valence-electron chi connectivity index (χ3n) is 2.50. The van der Waals surface area contributed by atoms with Gasteiger partial charge in [-0.15, -0.1) is 0 Å². The van der Waals surface area contributed by atoms with Crippen LogP contribution in [0.25, 0.3) is 0 Å². The standard InChI is InChI=1S/C11H13F2NO5S/c1-6-2-3-7(11(16)17)4-9(6)20(18,19)14-5-8(15)10(12)13/h2-4,8,10,14-15H,5H2,1H3,(H,16,17). The highest BCUT2D eigenvalue weighted by atomic mass is 32.2. The SMILES string of the molecule is Cc1ccc(C(=O)O)cc1S(=O)(=O)NCC(O)C(F)F. The molecule has 0 aliphatic heterocycles. The molecule has 0 aliphatic rings. The minimum Gasteiger partial charge on any atom is -0.478 e. The van der Waals surface area contributed by atoms with E-state index in [0.717, 1.165) is 6.07 Å². The van der Waals surface area contributed by atoms with Crippen molar-refractivity contribution in [1.29, 1.82) is 0 Å². The molecule has 1 unspecified atom stereocenters. The quantitative estimate of drug-likeness (QED) is 0.714. The summed E-state index contributed by atoms with van der Waals surface area (Å²) in [5.74, 6) is -1.31. The number of carbonyl (C=O) groups is 1. The van der Waals surface area contributed by atoms with Crippen molar-refractivity contribution in [2.45, 2.75) is 24.3 Å². The van der Waals surface area contributed by atoms with E-state index in [4.69, 9.17) is 10.2 Å². The van der Waals surface area contributed by atoms with Crippen LogP contribution in [-0.4, -0.2) is 43.7 Å². The Bertz CT molecular complexity index is 603. The van der Waals surface area contributed by atoms with Crippen LogP contribution in [-0.2, 0) is 10.0 Å². The molecule has 0 radical (unpaired) electrons. The number of nitrogens with one attached hydrogen (secondary N) is 1. The van der Waals surface area contributed by atoms with Crippen molar-refractivity contribution in [1.82, 2.24) is 4.72 Å². The molecule has 20 heavy (non-hydrogen) atoms. The van der Waals surface area contributed by atoms with E-state index in [0.29, 0.717) is 0 Å². The Hall–Kier alpha value is -1.58. The van der Waals surface area contributed by atoms with Gasteiger partial charge in [-0.25, -0.2) is 26.7 Å². The summed E-state index contributed by atoms with van der Waals surface area (Å²) in [4.78, 5) is 10.5. The summed E-state index contributed by atoms with van der Waals surface area (Å²) in [6.45, 7) is 0.570. The third kappa shape index (κ3) is 3.95.